The van der Waals surface area contributed by atoms with E-state index >= 15 is 0 Å². The Balaban J connectivity index is 2.30. The summed E-state index contributed by atoms with van der Waals surface area (Å²) in [6.45, 7) is 4.02. The zero-order valence-corrected chi connectivity index (χ0v) is 6.97. The van der Waals surface area contributed by atoms with Gasteiger partial charge in [-0.1, -0.05) is 17.7 Å². The first-order valence-corrected chi connectivity index (χ1v) is 4.31. The predicted molar refractivity (Wildman–Crippen MR) is 45.4 cm³/mol. The number of rotatable bonds is 0. The summed E-state index contributed by atoms with van der Waals surface area (Å²) in [4.78, 5) is 0. The third kappa shape index (κ3) is 1.25. The molecule has 0 aromatic rings. The van der Waals surface area contributed by atoms with Crippen molar-refractivity contribution in [1.82, 2.24) is 0 Å². The molecule has 2 rings (SSSR count). The quantitative estimate of drug-likeness (QED) is 0.481. The van der Waals surface area contributed by atoms with E-state index in [2.05, 4.69) is 19.1 Å². The first-order valence-electron chi connectivity index (χ1n) is 4.31. The molecule has 0 N–H and O–H groups in total. The highest BCUT2D eigenvalue weighted by atomic mass is 16.5. The standard InChI is InChI=1S/C10H14O/c1-8-4-2-3-5-9-6-11-7-10(8)9/h3,5,9H,2,4,6-7H2,1H3. The van der Waals surface area contributed by atoms with Gasteiger partial charge in [0.15, 0.2) is 0 Å². The smallest absolute Gasteiger partial charge is 0.0686 e. The van der Waals surface area contributed by atoms with Crippen LogP contribution < -0.4 is 0 Å². The molecule has 11 heavy (non-hydrogen) atoms. The lowest BCUT2D eigenvalue weighted by Gasteiger charge is -2.04. The lowest BCUT2D eigenvalue weighted by atomic mass is 9.98. The molecule has 60 valence electrons. The van der Waals surface area contributed by atoms with Gasteiger partial charge in [0.25, 0.3) is 0 Å². The van der Waals surface area contributed by atoms with Gasteiger partial charge in [0.2, 0.25) is 0 Å². The van der Waals surface area contributed by atoms with Crippen molar-refractivity contribution in [2.75, 3.05) is 13.2 Å². The van der Waals surface area contributed by atoms with Gasteiger partial charge in [0, 0.05) is 5.92 Å². The Morgan fingerprint density at radius 1 is 1.55 bits per heavy atom. The average Bonchev–Trinajstić information content (AvgIpc) is 2.40. The van der Waals surface area contributed by atoms with Crippen molar-refractivity contribution < 1.29 is 4.74 Å². The fourth-order valence-corrected chi connectivity index (χ4v) is 1.84. The Bertz CT molecular complexity index is 213. The Morgan fingerprint density at radius 3 is 3.36 bits per heavy atom. The van der Waals surface area contributed by atoms with Gasteiger partial charge in [-0.25, -0.2) is 0 Å². The van der Waals surface area contributed by atoms with E-state index in [0.29, 0.717) is 5.92 Å². The summed E-state index contributed by atoms with van der Waals surface area (Å²) >= 11 is 0. The molecule has 0 aromatic carbocycles. The second kappa shape index (κ2) is 2.82. The van der Waals surface area contributed by atoms with Crippen LogP contribution >= 0.6 is 0 Å². The van der Waals surface area contributed by atoms with Crippen molar-refractivity contribution in [2.45, 2.75) is 19.8 Å². The minimum Gasteiger partial charge on any atom is -0.376 e. The summed E-state index contributed by atoms with van der Waals surface area (Å²) < 4.78 is 5.41. The Kier molecular flexibility index (Phi) is 1.82. The zero-order valence-electron chi connectivity index (χ0n) is 6.97. The first-order chi connectivity index (χ1) is 5.38. The van der Waals surface area contributed by atoms with Crippen molar-refractivity contribution in [3.8, 4) is 0 Å². The number of hydrogen-bond donors (Lipinski definition) is 0. The molecule has 1 atom stereocenters. The van der Waals surface area contributed by atoms with E-state index in [1.54, 1.807) is 11.1 Å². The van der Waals surface area contributed by atoms with Crippen LogP contribution in [0.5, 0.6) is 0 Å². The van der Waals surface area contributed by atoms with Crippen LogP contribution in [0.2, 0.25) is 0 Å². The fraction of sp³-hybridized carbons (Fsp3) is 0.600. The van der Waals surface area contributed by atoms with Crippen LogP contribution in [0.15, 0.2) is 23.3 Å². The number of hydrogen-bond acceptors (Lipinski definition) is 1. The highest BCUT2D eigenvalue weighted by Crippen LogP contribution is 2.28. The lowest BCUT2D eigenvalue weighted by Crippen LogP contribution is -1.98. The van der Waals surface area contributed by atoms with E-state index in [-0.39, 0.29) is 0 Å². The molecule has 1 saturated heterocycles. The van der Waals surface area contributed by atoms with Gasteiger partial charge in [-0.2, -0.15) is 0 Å². The summed E-state index contributed by atoms with van der Waals surface area (Å²) in [6, 6.07) is 0. The highest BCUT2D eigenvalue weighted by molar-refractivity contribution is 5.25. The van der Waals surface area contributed by atoms with E-state index < -0.39 is 0 Å². The van der Waals surface area contributed by atoms with Crippen LogP contribution in [0.25, 0.3) is 0 Å². The highest BCUT2D eigenvalue weighted by Gasteiger charge is 2.21. The van der Waals surface area contributed by atoms with Crippen molar-refractivity contribution in [2.24, 2.45) is 5.92 Å². The summed E-state index contributed by atoms with van der Waals surface area (Å²) in [5, 5.41) is 0. The Morgan fingerprint density at radius 2 is 2.45 bits per heavy atom. The van der Waals surface area contributed by atoms with Gasteiger partial charge < -0.3 is 4.74 Å². The molecule has 1 fully saturated rings. The van der Waals surface area contributed by atoms with E-state index in [9.17, 15) is 0 Å². The Labute approximate surface area is 67.7 Å². The second-order valence-electron chi connectivity index (χ2n) is 3.39. The maximum Gasteiger partial charge on any atom is 0.0686 e. The fourth-order valence-electron chi connectivity index (χ4n) is 1.84. The molecule has 1 unspecified atom stereocenters. The maximum absolute atomic E-state index is 5.41. The molecule has 0 aromatic heterocycles. The third-order valence-electron chi connectivity index (χ3n) is 2.61. The molecule has 1 heterocycles. The van der Waals surface area contributed by atoms with Crippen LogP contribution in [0.1, 0.15) is 19.8 Å². The molecule has 0 amide bonds. The van der Waals surface area contributed by atoms with E-state index in [1.807, 2.05) is 0 Å². The summed E-state index contributed by atoms with van der Waals surface area (Å²) in [7, 11) is 0. The van der Waals surface area contributed by atoms with Crippen LogP contribution in [0.3, 0.4) is 0 Å². The minimum atomic E-state index is 0.609. The first kappa shape index (κ1) is 7.11. The molecule has 0 bridgehead atoms. The number of ether oxygens (including phenoxy) is 1. The number of fused-ring (bicyclic) bond motifs is 1. The molecule has 1 aliphatic carbocycles. The largest absolute Gasteiger partial charge is 0.376 e. The van der Waals surface area contributed by atoms with Crippen LogP contribution in [0.4, 0.5) is 0 Å². The van der Waals surface area contributed by atoms with Gasteiger partial charge in [0.1, 0.15) is 0 Å². The zero-order chi connectivity index (χ0) is 7.68. The van der Waals surface area contributed by atoms with Crippen LogP contribution in [0, 0.1) is 5.92 Å². The van der Waals surface area contributed by atoms with Crippen LogP contribution in [-0.2, 0) is 4.74 Å². The molecule has 2 aliphatic rings. The molecule has 0 spiro atoms. The molecule has 0 radical (unpaired) electrons. The average molecular weight is 150 g/mol. The van der Waals surface area contributed by atoms with Gasteiger partial charge in [-0.3, -0.25) is 0 Å². The number of allylic oxidation sites excluding steroid dienone is 2. The molecule has 1 heteroatoms. The lowest BCUT2D eigenvalue weighted by molar-refractivity contribution is 0.195. The molecule has 1 aliphatic heterocycles. The van der Waals surface area contributed by atoms with Crippen molar-refractivity contribution in [3.63, 3.8) is 0 Å². The van der Waals surface area contributed by atoms with Crippen molar-refractivity contribution >= 4 is 0 Å². The van der Waals surface area contributed by atoms with Gasteiger partial charge in [0.05, 0.1) is 13.2 Å². The molecular formula is C10H14O. The normalized spacial score (nSPS) is 30.5. The topological polar surface area (TPSA) is 9.23 Å². The van der Waals surface area contributed by atoms with Gasteiger partial charge in [-0.05, 0) is 25.3 Å². The van der Waals surface area contributed by atoms with Crippen molar-refractivity contribution in [3.05, 3.63) is 23.3 Å². The summed E-state index contributed by atoms with van der Waals surface area (Å²) in [5.74, 6) is 0.609. The predicted octanol–water partition coefficient (Wildman–Crippen LogP) is 2.30. The summed E-state index contributed by atoms with van der Waals surface area (Å²) in [6.07, 6.45) is 7.03. The molecule has 0 saturated carbocycles. The molecular weight excluding hydrogens is 136 g/mol. The monoisotopic (exact) mass is 150 g/mol. The van der Waals surface area contributed by atoms with Gasteiger partial charge >= 0.3 is 0 Å². The van der Waals surface area contributed by atoms with E-state index in [0.717, 1.165) is 13.2 Å². The van der Waals surface area contributed by atoms with E-state index in [4.69, 9.17) is 4.74 Å². The third-order valence-corrected chi connectivity index (χ3v) is 2.61. The van der Waals surface area contributed by atoms with Gasteiger partial charge in [-0.15, -0.1) is 0 Å². The second-order valence-corrected chi connectivity index (χ2v) is 3.39. The van der Waals surface area contributed by atoms with Crippen LogP contribution in [-0.4, -0.2) is 13.2 Å². The van der Waals surface area contributed by atoms with E-state index in [1.165, 1.54) is 12.8 Å². The Hall–Kier alpha value is -0.560. The van der Waals surface area contributed by atoms with Crippen molar-refractivity contribution in [1.29, 1.82) is 0 Å². The minimum absolute atomic E-state index is 0.609. The SMILES string of the molecule is CC1=C2COCC2C=CCC1. The summed E-state index contributed by atoms with van der Waals surface area (Å²) in [5.41, 5.74) is 3.09. The molecule has 1 nitrogen and oxygen atoms in total. The maximum atomic E-state index is 5.41.